The zero-order valence-electron chi connectivity index (χ0n) is 15.5. The van der Waals surface area contributed by atoms with Crippen molar-refractivity contribution < 1.29 is 4.79 Å². The SMILES string of the molecule is CSc1nc(C)c(CCC(=O)N2CCC(c3cnn(C)c3)CC2)c(=O)[nH]1. The van der Waals surface area contributed by atoms with Gasteiger partial charge in [-0.2, -0.15) is 5.10 Å². The van der Waals surface area contributed by atoms with Crippen molar-refractivity contribution >= 4 is 17.7 Å². The maximum Gasteiger partial charge on any atom is 0.254 e. The Balaban J connectivity index is 1.54. The fourth-order valence-corrected chi connectivity index (χ4v) is 3.90. The van der Waals surface area contributed by atoms with Crippen LogP contribution in [0.3, 0.4) is 0 Å². The lowest BCUT2D eigenvalue weighted by Crippen LogP contribution is -2.38. The lowest BCUT2D eigenvalue weighted by molar-refractivity contribution is -0.132. The lowest BCUT2D eigenvalue weighted by atomic mass is 9.91. The molecule has 26 heavy (non-hydrogen) atoms. The maximum absolute atomic E-state index is 12.5. The van der Waals surface area contributed by atoms with Gasteiger partial charge in [0.2, 0.25) is 5.91 Å². The fraction of sp³-hybridized carbons (Fsp3) is 0.556. The molecule has 0 radical (unpaired) electrons. The summed E-state index contributed by atoms with van der Waals surface area (Å²) in [7, 11) is 1.92. The van der Waals surface area contributed by atoms with Gasteiger partial charge in [0.15, 0.2) is 5.16 Å². The first-order chi connectivity index (χ1) is 12.5. The van der Waals surface area contributed by atoms with Gasteiger partial charge in [0.25, 0.3) is 5.56 Å². The molecule has 2 aromatic rings. The molecule has 0 saturated carbocycles. The highest BCUT2D eigenvalue weighted by atomic mass is 32.2. The second-order valence-electron chi connectivity index (χ2n) is 6.74. The van der Waals surface area contributed by atoms with Crippen molar-refractivity contribution in [2.75, 3.05) is 19.3 Å². The summed E-state index contributed by atoms with van der Waals surface area (Å²) in [6.45, 7) is 3.35. The van der Waals surface area contributed by atoms with Crippen LogP contribution < -0.4 is 5.56 Å². The summed E-state index contributed by atoms with van der Waals surface area (Å²) in [6.07, 6.45) is 8.55. The fourth-order valence-electron chi connectivity index (χ4n) is 3.48. The summed E-state index contributed by atoms with van der Waals surface area (Å²) >= 11 is 1.40. The quantitative estimate of drug-likeness (QED) is 0.637. The van der Waals surface area contributed by atoms with Gasteiger partial charge in [-0.3, -0.25) is 14.3 Å². The number of nitrogens with one attached hydrogen (secondary N) is 1. The Bertz CT molecular complexity index is 836. The van der Waals surface area contributed by atoms with Crippen LogP contribution in [0.4, 0.5) is 0 Å². The summed E-state index contributed by atoms with van der Waals surface area (Å²) in [5.74, 6) is 0.587. The highest BCUT2D eigenvalue weighted by molar-refractivity contribution is 7.98. The lowest BCUT2D eigenvalue weighted by Gasteiger charge is -2.31. The number of carbonyl (C=O) groups excluding carboxylic acids is 1. The van der Waals surface area contributed by atoms with E-state index >= 15 is 0 Å². The molecule has 1 aliphatic rings. The van der Waals surface area contributed by atoms with Crippen LogP contribution in [0.15, 0.2) is 22.3 Å². The largest absolute Gasteiger partial charge is 0.343 e. The molecule has 0 atom stereocenters. The number of piperidine rings is 1. The molecule has 0 aliphatic carbocycles. The molecule has 140 valence electrons. The number of amides is 1. The predicted molar refractivity (Wildman–Crippen MR) is 101 cm³/mol. The van der Waals surface area contributed by atoms with Crippen molar-refractivity contribution in [3.8, 4) is 0 Å². The van der Waals surface area contributed by atoms with Crippen molar-refractivity contribution in [3.63, 3.8) is 0 Å². The first kappa shape index (κ1) is 18.7. The second kappa shape index (κ2) is 8.07. The van der Waals surface area contributed by atoms with E-state index < -0.39 is 0 Å². The molecule has 1 saturated heterocycles. The average molecular weight is 375 g/mol. The highest BCUT2D eigenvalue weighted by Gasteiger charge is 2.24. The van der Waals surface area contributed by atoms with Gasteiger partial charge >= 0.3 is 0 Å². The van der Waals surface area contributed by atoms with E-state index in [9.17, 15) is 9.59 Å². The Hall–Kier alpha value is -2.09. The van der Waals surface area contributed by atoms with Gasteiger partial charge in [-0.25, -0.2) is 4.98 Å². The summed E-state index contributed by atoms with van der Waals surface area (Å²) in [6, 6.07) is 0. The van der Waals surface area contributed by atoms with Crippen LogP contribution >= 0.6 is 11.8 Å². The molecule has 0 bridgehead atoms. The molecule has 2 aromatic heterocycles. The monoisotopic (exact) mass is 375 g/mol. The number of rotatable bonds is 5. The molecule has 3 rings (SSSR count). The number of H-pyrrole nitrogens is 1. The number of thioether (sulfide) groups is 1. The smallest absolute Gasteiger partial charge is 0.254 e. The van der Waals surface area contributed by atoms with Crippen LogP contribution in [0.25, 0.3) is 0 Å². The second-order valence-corrected chi connectivity index (χ2v) is 7.54. The molecule has 0 spiro atoms. The first-order valence-electron chi connectivity index (χ1n) is 8.88. The normalized spacial score (nSPS) is 15.4. The van der Waals surface area contributed by atoms with Gasteiger partial charge in [-0.05, 0) is 43.9 Å². The van der Waals surface area contributed by atoms with Crippen LogP contribution in [0.1, 0.15) is 42.0 Å². The van der Waals surface area contributed by atoms with Crippen molar-refractivity contribution in [3.05, 3.63) is 39.6 Å². The zero-order valence-corrected chi connectivity index (χ0v) is 16.3. The molecule has 1 amide bonds. The van der Waals surface area contributed by atoms with Crippen LogP contribution in [0.2, 0.25) is 0 Å². The molecule has 8 heteroatoms. The third kappa shape index (κ3) is 4.17. The van der Waals surface area contributed by atoms with E-state index in [1.54, 1.807) is 0 Å². The van der Waals surface area contributed by atoms with Gasteiger partial charge in [0.05, 0.1) is 6.20 Å². The van der Waals surface area contributed by atoms with Crippen molar-refractivity contribution in [2.45, 2.75) is 43.7 Å². The molecule has 1 N–H and O–H groups in total. The molecule has 7 nitrogen and oxygen atoms in total. The topological polar surface area (TPSA) is 83.9 Å². The summed E-state index contributed by atoms with van der Waals surface area (Å²) in [5.41, 5.74) is 2.44. The molecule has 0 unspecified atom stereocenters. The number of aryl methyl sites for hydroxylation is 2. The van der Waals surface area contributed by atoms with E-state index in [-0.39, 0.29) is 11.5 Å². The minimum atomic E-state index is -0.134. The number of hydrogen-bond donors (Lipinski definition) is 1. The molecular formula is C18H25N5O2S. The van der Waals surface area contributed by atoms with Crippen LogP contribution in [0.5, 0.6) is 0 Å². The number of hydrogen-bond acceptors (Lipinski definition) is 5. The minimum absolute atomic E-state index is 0.113. The van der Waals surface area contributed by atoms with Crippen molar-refractivity contribution in [1.82, 2.24) is 24.6 Å². The van der Waals surface area contributed by atoms with Gasteiger partial charge < -0.3 is 9.88 Å². The third-order valence-electron chi connectivity index (χ3n) is 5.03. The average Bonchev–Trinajstić information content (AvgIpc) is 3.07. The summed E-state index contributed by atoms with van der Waals surface area (Å²) in [5, 5.41) is 4.85. The van der Waals surface area contributed by atoms with E-state index in [0.717, 1.165) is 25.9 Å². The first-order valence-corrected chi connectivity index (χ1v) is 10.1. The van der Waals surface area contributed by atoms with Crippen LogP contribution in [0, 0.1) is 6.92 Å². The summed E-state index contributed by atoms with van der Waals surface area (Å²) < 4.78 is 1.82. The Kier molecular flexibility index (Phi) is 5.80. The van der Waals surface area contributed by atoms with Crippen molar-refractivity contribution in [2.24, 2.45) is 7.05 Å². The predicted octanol–water partition coefficient (Wildman–Crippen LogP) is 1.87. The molecule has 1 aliphatic heterocycles. The Morgan fingerprint density at radius 1 is 1.38 bits per heavy atom. The van der Waals surface area contributed by atoms with E-state index in [1.807, 2.05) is 36.0 Å². The Labute approximate surface area is 157 Å². The van der Waals surface area contributed by atoms with Crippen LogP contribution in [-0.2, 0) is 18.3 Å². The van der Waals surface area contributed by atoms with Gasteiger partial charge in [-0.1, -0.05) is 11.8 Å². The van der Waals surface area contributed by atoms with Gasteiger partial charge in [0, 0.05) is 44.0 Å². The molecular weight excluding hydrogens is 350 g/mol. The Morgan fingerprint density at radius 2 is 2.12 bits per heavy atom. The third-order valence-corrected chi connectivity index (χ3v) is 5.61. The number of carbonyl (C=O) groups is 1. The molecule has 1 fully saturated rings. The zero-order chi connectivity index (χ0) is 18.7. The van der Waals surface area contributed by atoms with Gasteiger partial charge in [-0.15, -0.1) is 0 Å². The van der Waals surface area contributed by atoms with E-state index in [1.165, 1.54) is 17.3 Å². The molecule has 3 heterocycles. The number of likely N-dealkylation sites (tertiary alicyclic amines) is 1. The molecule has 0 aromatic carbocycles. The maximum atomic E-state index is 12.5. The van der Waals surface area contributed by atoms with Gasteiger partial charge in [0.1, 0.15) is 0 Å². The van der Waals surface area contributed by atoms with E-state index in [4.69, 9.17) is 0 Å². The number of aromatic nitrogens is 4. The van der Waals surface area contributed by atoms with Crippen molar-refractivity contribution in [1.29, 1.82) is 0 Å². The Morgan fingerprint density at radius 3 is 2.69 bits per heavy atom. The van der Waals surface area contributed by atoms with E-state index in [2.05, 4.69) is 21.3 Å². The van der Waals surface area contributed by atoms with Crippen LogP contribution in [-0.4, -0.2) is 49.9 Å². The van der Waals surface area contributed by atoms with E-state index in [0.29, 0.717) is 35.2 Å². The number of aromatic amines is 1. The standard InChI is InChI=1S/C18H25N5O2S/c1-12-15(17(25)21-18(20-12)26-3)4-5-16(24)23-8-6-13(7-9-23)14-10-19-22(2)11-14/h10-11,13H,4-9H2,1-3H3,(H,20,21,25). The summed E-state index contributed by atoms with van der Waals surface area (Å²) in [4.78, 5) is 33.7. The minimum Gasteiger partial charge on any atom is -0.343 e. The highest BCUT2D eigenvalue weighted by Crippen LogP contribution is 2.27. The number of nitrogens with zero attached hydrogens (tertiary/aromatic N) is 4.